The number of rotatable bonds is 5. The second kappa shape index (κ2) is 11.7. The Morgan fingerprint density at radius 3 is 2.48 bits per heavy atom. The third-order valence-electron chi connectivity index (χ3n) is 9.28. The number of fused-ring (bicyclic) bond motifs is 2. The molecule has 0 radical (unpaired) electrons. The summed E-state index contributed by atoms with van der Waals surface area (Å²) >= 11 is 0. The van der Waals surface area contributed by atoms with Gasteiger partial charge < -0.3 is 24.1 Å². The quantitative estimate of drug-likeness (QED) is 0.309. The molecule has 11 nitrogen and oxygen atoms in total. The van der Waals surface area contributed by atoms with E-state index in [4.69, 9.17) is 4.42 Å². The molecule has 1 atom stereocenters. The minimum absolute atomic E-state index is 0.0275. The highest BCUT2D eigenvalue weighted by Gasteiger charge is 2.39. The lowest BCUT2D eigenvalue weighted by molar-refractivity contribution is -0.138. The topological polar surface area (TPSA) is 134 Å². The van der Waals surface area contributed by atoms with Gasteiger partial charge in [0.2, 0.25) is 11.8 Å². The molecule has 2 N–H and O–H groups in total. The predicted octanol–water partition coefficient (Wildman–Crippen LogP) is 3.98. The van der Waals surface area contributed by atoms with Crippen LogP contribution in [0.5, 0.6) is 0 Å². The third-order valence-corrected chi connectivity index (χ3v) is 9.28. The number of aromatic nitrogens is 1. The van der Waals surface area contributed by atoms with E-state index >= 15 is 0 Å². The van der Waals surface area contributed by atoms with Crippen molar-refractivity contribution in [2.45, 2.75) is 50.5 Å². The number of hydrogen-bond acceptors (Lipinski definition) is 7. The number of piperidine rings is 2. The van der Waals surface area contributed by atoms with E-state index in [1.807, 2.05) is 18.2 Å². The highest BCUT2D eigenvalue weighted by atomic mass is 19.4. The monoisotopic (exact) mass is 661 g/mol. The molecule has 1 unspecified atom stereocenters. The van der Waals surface area contributed by atoms with Crippen molar-refractivity contribution in [2.75, 3.05) is 18.0 Å². The number of hydrogen-bond donors (Lipinski definition) is 2. The number of carbonyl (C=O) groups excluding carboxylic acids is 4. The van der Waals surface area contributed by atoms with Gasteiger partial charge in [0, 0.05) is 68.2 Å². The second-order valence-electron chi connectivity index (χ2n) is 12.4. The summed E-state index contributed by atoms with van der Waals surface area (Å²) in [6.07, 6.45) is -1.54. The van der Waals surface area contributed by atoms with Gasteiger partial charge in [-0.1, -0.05) is 18.2 Å². The van der Waals surface area contributed by atoms with Crippen molar-refractivity contribution in [1.82, 2.24) is 20.1 Å². The van der Waals surface area contributed by atoms with Gasteiger partial charge in [0.15, 0.2) is 5.76 Å². The lowest BCUT2D eigenvalue weighted by Crippen LogP contribution is -2.52. The van der Waals surface area contributed by atoms with Gasteiger partial charge >= 0.3 is 6.18 Å². The SMILES string of the molecule is Cn1cc(-c2cccc(C(F)(F)F)c2)c2oc(C(=O)NC3CCN(c4ccc5c(c4)C(=O)N(C4CCC(=O)NC4=O)C5)CC3)cc2c1=O. The summed E-state index contributed by atoms with van der Waals surface area (Å²) in [7, 11) is 1.48. The van der Waals surface area contributed by atoms with Crippen LogP contribution in [-0.2, 0) is 29.4 Å². The van der Waals surface area contributed by atoms with Gasteiger partial charge in [0.25, 0.3) is 17.4 Å². The number of furan rings is 1. The second-order valence-corrected chi connectivity index (χ2v) is 12.4. The van der Waals surface area contributed by atoms with E-state index in [1.165, 1.54) is 40.9 Å². The minimum atomic E-state index is -4.56. The summed E-state index contributed by atoms with van der Waals surface area (Å²) in [5, 5.41) is 5.33. The van der Waals surface area contributed by atoms with Crippen LogP contribution in [0, 0.1) is 0 Å². The molecule has 48 heavy (non-hydrogen) atoms. The summed E-state index contributed by atoms with van der Waals surface area (Å²) in [6, 6.07) is 10.7. The Kier molecular flexibility index (Phi) is 7.60. The van der Waals surface area contributed by atoms with Crippen LogP contribution in [-0.4, -0.2) is 58.3 Å². The van der Waals surface area contributed by atoms with Crippen molar-refractivity contribution in [2.24, 2.45) is 7.05 Å². The van der Waals surface area contributed by atoms with E-state index in [2.05, 4.69) is 15.5 Å². The normalized spacial score (nSPS) is 18.8. The fourth-order valence-corrected chi connectivity index (χ4v) is 6.71. The first-order chi connectivity index (χ1) is 22.9. The third kappa shape index (κ3) is 5.60. The molecule has 0 spiro atoms. The first-order valence-electron chi connectivity index (χ1n) is 15.5. The van der Waals surface area contributed by atoms with E-state index in [1.54, 1.807) is 0 Å². The van der Waals surface area contributed by atoms with Crippen LogP contribution in [0.25, 0.3) is 22.1 Å². The predicted molar refractivity (Wildman–Crippen MR) is 167 cm³/mol. The Balaban J connectivity index is 1.03. The number of nitrogens with one attached hydrogen (secondary N) is 2. The van der Waals surface area contributed by atoms with Gasteiger partial charge in [-0.2, -0.15) is 13.2 Å². The zero-order valence-corrected chi connectivity index (χ0v) is 25.7. The molecule has 3 aliphatic heterocycles. The summed E-state index contributed by atoms with van der Waals surface area (Å²) in [5.74, 6) is -1.72. The fourth-order valence-electron chi connectivity index (χ4n) is 6.71. The van der Waals surface area contributed by atoms with Gasteiger partial charge in [-0.15, -0.1) is 0 Å². The maximum atomic E-state index is 13.4. The Hall–Kier alpha value is -5.40. The molecule has 0 aliphatic carbocycles. The number of aryl methyl sites for hydroxylation is 1. The van der Waals surface area contributed by atoms with Crippen LogP contribution in [0.2, 0.25) is 0 Å². The Bertz CT molecular complexity index is 2060. The van der Waals surface area contributed by atoms with Crippen LogP contribution in [0.3, 0.4) is 0 Å². The van der Waals surface area contributed by atoms with Crippen LogP contribution in [0.4, 0.5) is 18.9 Å². The molecule has 2 fully saturated rings. The average Bonchev–Trinajstić information content (AvgIpc) is 3.65. The summed E-state index contributed by atoms with van der Waals surface area (Å²) in [4.78, 5) is 66.9. The van der Waals surface area contributed by atoms with Gasteiger partial charge in [0.05, 0.1) is 10.9 Å². The van der Waals surface area contributed by atoms with E-state index in [9.17, 15) is 37.1 Å². The largest absolute Gasteiger partial charge is 0.450 e. The van der Waals surface area contributed by atoms with Gasteiger partial charge in [-0.3, -0.25) is 29.3 Å². The lowest BCUT2D eigenvalue weighted by atomic mass is 10.0. The molecule has 3 aliphatic rings. The average molecular weight is 662 g/mol. The zero-order valence-electron chi connectivity index (χ0n) is 25.7. The molecule has 14 heteroatoms. The molecular formula is C34H30F3N5O6. The number of imide groups is 1. The smallest absolute Gasteiger partial charge is 0.416 e. The molecule has 5 heterocycles. The van der Waals surface area contributed by atoms with Crippen molar-refractivity contribution < 1.29 is 36.8 Å². The number of pyridine rings is 1. The number of carbonyl (C=O) groups is 4. The van der Waals surface area contributed by atoms with Crippen molar-refractivity contribution in [1.29, 1.82) is 0 Å². The number of alkyl halides is 3. The Labute approximate surface area is 271 Å². The van der Waals surface area contributed by atoms with E-state index in [0.29, 0.717) is 38.0 Å². The summed E-state index contributed by atoms with van der Waals surface area (Å²) < 4.78 is 47.2. The van der Waals surface area contributed by atoms with Gasteiger partial charge in [0.1, 0.15) is 11.6 Å². The number of benzene rings is 2. The number of nitrogens with zero attached hydrogens (tertiary/aromatic N) is 3. The van der Waals surface area contributed by atoms with Crippen molar-refractivity contribution in [3.63, 3.8) is 0 Å². The Morgan fingerprint density at radius 2 is 1.75 bits per heavy atom. The number of anilines is 1. The molecule has 7 rings (SSSR count). The van der Waals surface area contributed by atoms with Crippen LogP contribution >= 0.6 is 0 Å². The molecular weight excluding hydrogens is 631 g/mol. The molecule has 0 saturated carbocycles. The summed E-state index contributed by atoms with van der Waals surface area (Å²) in [6.45, 7) is 1.45. The van der Waals surface area contributed by atoms with Crippen molar-refractivity contribution >= 4 is 40.3 Å². The minimum Gasteiger partial charge on any atom is -0.450 e. The standard InChI is InChI=1S/C34H30F3N5O6/c1-40-17-25(18-3-2-4-20(13-18)34(35,36)37)29-24(32(40)46)15-27(48-29)31(45)38-21-9-11-41(12-10-21)22-6-5-19-16-42(33(47)23(19)14-22)26-7-8-28(43)39-30(26)44/h2-6,13-15,17,21,26H,7-12,16H2,1H3,(H,38,45)(H,39,43,44). The highest BCUT2D eigenvalue weighted by molar-refractivity contribution is 6.06. The fraction of sp³-hybridized carbons (Fsp3) is 0.324. The lowest BCUT2D eigenvalue weighted by Gasteiger charge is -2.34. The van der Waals surface area contributed by atoms with Crippen LogP contribution in [0.1, 0.15) is 57.7 Å². The molecule has 2 aromatic heterocycles. The first-order valence-corrected chi connectivity index (χ1v) is 15.5. The van der Waals surface area contributed by atoms with Crippen molar-refractivity contribution in [3.05, 3.63) is 87.5 Å². The van der Waals surface area contributed by atoms with Crippen LogP contribution in [0.15, 0.2) is 63.9 Å². The molecule has 0 bridgehead atoms. The molecule has 2 saturated heterocycles. The van der Waals surface area contributed by atoms with Gasteiger partial charge in [-0.05, 0) is 54.7 Å². The highest BCUT2D eigenvalue weighted by Crippen LogP contribution is 2.35. The molecule has 4 amide bonds. The Morgan fingerprint density at radius 1 is 0.979 bits per heavy atom. The maximum Gasteiger partial charge on any atom is 0.416 e. The molecule has 248 valence electrons. The van der Waals surface area contributed by atoms with E-state index in [0.717, 1.165) is 23.4 Å². The van der Waals surface area contributed by atoms with E-state index in [-0.39, 0.29) is 58.6 Å². The van der Waals surface area contributed by atoms with Crippen LogP contribution < -0.4 is 21.1 Å². The zero-order chi connectivity index (χ0) is 33.9. The molecule has 2 aromatic carbocycles. The van der Waals surface area contributed by atoms with E-state index < -0.39 is 35.2 Å². The molecule has 4 aromatic rings. The van der Waals surface area contributed by atoms with Crippen molar-refractivity contribution in [3.8, 4) is 11.1 Å². The first kappa shape index (κ1) is 31.2. The summed E-state index contributed by atoms with van der Waals surface area (Å²) in [5.41, 5.74) is 1.34. The maximum absolute atomic E-state index is 13.4. The van der Waals surface area contributed by atoms with Gasteiger partial charge in [-0.25, -0.2) is 0 Å². The number of amides is 4. The number of halogens is 3.